The van der Waals surface area contributed by atoms with Gasteiger partial charge in [0.1, 0.15) is 17.3 Å². The molecule has 1 heterocycles. The summed E-state index contributed by atoms with van der Waals surface area (Å²) in [6.45, 7) is 2.05. The zero-order valence-electron chi connectivity index (χ0n) is 13.2. The van der Waals surface area contributed by atoms with Crippen molar-refractivity contribution in [2.24, 2.45) is 0 Å². The van der Waals surface area contributed by atoms with E-state index in [-0.39, 0.29) is 17.7 Å². The van der Waals surface area contributed by atoms with E-state index < -0.39 is 6.04 Å². The highest BCUT2D eigenvalue weighted by molar-refractivity contribution is 5.80. The Hall–Kier alpha value is -3.02. The summed E-state index contributed by atoms with van der Waals surface area (Å²) in [7, 11) is 0. The number of aromatic hydroxyl groups is 1. The van der Waals surface area contributed by atoms with E-state index in [0.717, 1.165) is 5.56 Å². The maximum absolute atomic E-state index is 12.2. The first-order valence-corrected chi connectivity index (χ1v) is 7.72. The summed E-state index contributed by atoms with van der Waals surface area (Å²) < 4.78 is 10.7. The number of anilines is 1. The number of para-hydroxylation sites is 2. The van der Waals surface area contributed by atoms with Crippen LogP contribution in [0.2, 0.25) is 0 Å². The van der Waals surface area contributed by atoms with Gasteiger partial charge in [-0.3, -0.25) is 0 Å². The molecule has 3 rings (SSSR count). The molecule has 0 spiro atoms. The molecule has 1 atom stereocenters. The number of phenols is 1. The van der Waals surface area contributed by atoms with Gasteiger partial charge >= 0.3 is 5.97 Å². The highest BCUT2D eigenvalue weighted by Crippen LogP contribution is 2.20. The molecule has 0 aliphatic carbocycles. The van der Waals surface area contributed by atoms with Crippen LogP contribution in [0.1, 0.15) is 12.5 Å². The molecule has 0 fully saturated rings. The third kappa shape index (κ3) is 3.65. The first kappa shape index (κ1) is 15.9. The monoisotopic (exact) mass is 326 g/mol. The highest BCUT2D eigenvalue weighted by atomic mass is 16.5. The molecular formula is C18H18N2O4. The molecule has 0 unspecified atom stereocenters. The molecule has 24 heavy (non-hydrogen) atoms. The normalized spacial score (nSPS) is 12.0. The quantitative estimate of drug-likeness (QED) is 0.677. The minimum Gasteiger partial charge on any atom is -0.508 e. The van der Waals surface area contributed by atoms with E-state index in [1.54, 1.807) is 31.2 Å². The van der Waals surface area contributed by atoms with Crippen LogP contribution in [0.25, 0.3) is 11.1 Å². The molecule has 0 bridgehead atoms. The van der Waals surface area contributed by atoms with Gasteiger partial charge in [-0.15, -0.1) is 0 Å². The van der Waals surface area contributed by atoms with Gasteiger partial charge in [0.25, 0.3) is 6.01 Å². The zero-order chi connectivity index (χ0) is 16.9. The third-order valence-electron chi connectivity index (χ3n) is 3.54. The predicted octanol–water partition coefficient (Wildman–Crippen LogP) is 3.12. The van der Waals surface area contributed by atoms with Crippen molar-refractivity contribution >= 4 is 23.1 Å². The maximum Gasteiger partial charge on any atom is 0.329 e. The molecule has 1 aromatic heterocycles. The number of benzene rings is 2. The smallest absolute Gasteiger partial charge is 0.329 e. The summed E-state index contributed by atoms with van der Waals surface area (Å²) in [4.78, 5) is 16.6. The van der Waals surface area contributed by atoms with E-state index in [1.165, 1.54) is 0 Å². The molecule has 6 nitrogen and oxygen atoms in total. The van der Waals surface area contributed by atoms with Gasteiger partial charge in [0.15, 0.2) is 5.58 Å². The molecule has 0 aliphatic rings. The maximum atomic E-state index is 12.2. The van der Waals surface area contributed by atoms with Crippen LogP contribution >= 0.6 is 0 Å². The van der Waals surface area contributed by atoms with Gasteiger partial charge in [0.2, 0.25) is 0 Å². The molecule has 124 valence electrons. The number of hydrogen-bond acceptors (Lipinski definition) is 6. The minimum absolute atomic E-state index is 0.179. The topological polar surface area (TPSA) is 84.6 Å². The average molecular weight is 326 g/mol. The van der Waals surface area contributed by atoms with Crippen molar-refractivity contribution in [3.8, 4) is 5.75 Å². The zero-order valence-corrected chi connectivity index (χ0v) is 13.2. The van der Waals surface area contributed by atoms with Crippen LogP contribution in [0.15, 0.2) is 52.9 Å². The number of carbonyl (C=O) groups is 1. The van der Waals surface area contributed by atoms with Crippen molar-refractivity contribution in [2.45, 2.75) is 19.4 Å². The summed E-state index contributed by atoms with van der Waals surface area (Å²) in [5, 5.41) is 12.4. The van der Waals surface area contributed by atoms with E-state index in [0.29, 0.717) is 24.1 Å². The van der Waals surface area contributed by atoms with Crippen molar-refractivity contribution in [3.05, 3.63) is 54.1 Å². The molecule has 6 heteroatoms. The van der Waals surface area contributed by atoms with E-state index in [2.05, 4.69) is 10.3 Å². The lowest BCUT2D eigenvalue weighted by molar-refractivity contribution is -0.144. The van der Waals surface area contributed by atoms with Gasteiger partial charge in [-0.2, -0.15) is 4.98 Å². The molecule has 0 saturated carbocycles. The lowest BCUT2D eigenvalue weighted by Crippen LogP contribution is -2.33. The van der Waals surface area contributed by atoms with Crippen LogP contribution in [-0.2, 0) is 16.0 Å². The van der Waals surface area contributed by atoms with Crippen LogP contribution in [0.3, 0.4) is 0 Å². The number of hydrogen-bond donors (Lipinski definition) is 2. The second-order valence-corrected chi connectivity index (χ2v) is 5.31. The van der Waals surface area contributed by atoms with Gasteiger partial charge in [-0.05, 0) is 36.8 Å². The largest absolute Gasteiger partial charge is 0.508 e. The van der Waals surface area contributed by atoms with Crippen molar-refractivity contribution in [1.82, 2.24) is 4.98 Å². The summed E-state index contributed by atoms with van der Waals surface area (Å²) >= 11 is 0. The van der Waals surface area contributed by atoms with Crippen molar-refractivity contribution in [1.29, 1.82) is 0 Å². The Morgan fingerprint density at radius 1 is 1.25 bits per heavy atom. The Labute approximate surface area is 139 Å². The van der Waals surface area contributed by atoms with Gasteiger partial charge in [0, 0.05) is 6.42 Å². The number of ether oxygens (including phenoxy) is 1. The van der Waals surface area contributed by atoms with Crippen molar-refractivity contribution in [3.63, 3.8) is 0 Å². The second kappa shape index (κ2) is 7.04. The third-order valence-corrected chi connectivity index (χ3v) is 3.54. The number of nitrogens with one attached hydrogen (secondary N) is 1. The fraction of sp³-hybridized carbons (Fsp3) is 0.222. The van der Waals surface area contributed by atoms with Crippen LogP contribution in [0.4, 0.5) is 6.01 Å². The van der Waals surface area contributed by atoms with Crippen LogP contribution < -0.4 is 5.32 Å². The molecular weight excluding hydrogens is 308 g/mol. The molecule has 0 saturated heterocycles. The Balaban J connectivity index is 1.81. The summed E-state index contributed by atoms with van der Waals surface area (Å²) in [5.74, 6) is -0.203. The summed E-state index contributed by atoms with van der Waals surface area (Å²) in [6.07, 6.45) is 0.387. The number of nitrogens with zero attached hydrogens (tertiary/aromatic N) is 1. The molecule has 0 aliphatic heterocycles. The second-order valence-electron chi connectivity index (χ2n) is 5.31. The molecule has 0 amide bonds. The van der Waals surface area contributed by atoms with Crippen LogP contribution in [-0.4, -0.2) is 28.7 Å². The van der Waals surface area contributed by atoms with Crippen LogP contribution in [0, 0.1) is 0 Å². The van der Waals surface area contributed by atoms with E-state index >= 15 is 0 Å². The summed E-state index contributed by atoms with van der Waals surface area (Å²) in [5.41, 5.74) is 2.24. The first-order valence-electron chi connectivity index (χ1n) is 7.72. The summed E-state index contributed by atoms with van der Waals surface area (Å²) in [6, 6.07) is 13.7. The number of phenolic OH excluding ortho intramolecular Hbond substituents is 1. The first-order chi connectivity index (χ1) is 11.7. The molecule has 2 N–H and O–H groups in total. The highest BCUT2D eigenvalue weighted by Gasteiger charge is 2.22. The van der Waals surface area contributed by atoms with Crippen molar-refractivity contribution < 1.29 is 19.1 Å². The lowest BCUT2D eigenvalue weighted by atomic mass is 10.1. The fourth-order valence-corrected chi connectivity index (χ4v) is 2.39. The Morgan fingerprint density at radius 2 is 2.00 bits per heavy atom. The number of carbonyl (C=O) groups excluding carboxylic acids is 1. The van der Waals surface area contributed by atoms with E-state index in [9.17, 15) is 9.90 Å². The molecule has 3 aromatic rings. The van der Waals surface area contributed by atoms with E-state index in [1.807, 2.05) is 24.3 Å². The Kier molecular flexibility index (Phi) is 4.65. The Bertz CT molecular complexity index is 793. The minimum atomic E-state index is -0.637. The fourth-order valence-electron chi connectivity index (χ4n) is 2.39. The lowest BCUT2D eigenvalue weighted by Gasteiger charge is -2.16. The number of fused-ring (bicyclic) bond motifs is 1. The standard InChI is InChI=1S/C18H18N2O4/c1-2-23-17(22)15(11-12-7-9-13(21)10-8-12)20-18-19-14-5-3-4-6-16(14)24-18/h3-10,15,21H,2,11H2,1H3,(H,19,20)/t15-/m1/s1. The van der Waals surface area contributed by atoms with Gasteiger partial charge in [-0.1, -0.05) is 24.3 Å². The molecule has 2 aromatic carbocycles. The molecule has 0 radical (unpaired) electrons. The Morgan fingerprint density at radius 3 is 2.71 bits per heavy atom. The number of aromatic nitrogens is 1. The van der Waals surface area contributed by atoms with Crippen LogP contribution in [0.5, 0.6) is 5.75 Å². The van der Waals surface area contributed by atoms with Gasteiger partial charge in [0.05, 0.1) is 6.61 Å². The van der Waals surface area contributed by atoms with Gasteiger partial charge < -0.3 is 19.6 Å². The van der Waals surface area contributed by atoms with E-state index in [4.69, 9.17) is 9.15 Å². The number of esters is 1. The number of oxazole rings is 1. The van der Waals surface area contributed by atoms with Gasteiger partial charge in [-0.25, -0.2) is 4.79 Å². The predicted molar refractivity (Wildman–Crippen MR) is 89.9 cm³/mol. The number of rotatable bonds is 6. The van der Waals surface area contributed by atoms with Crippen molar-refractivity contribution in [2.75, 3.05) is 11.9 Å². The average Bonchev–Trinajstić information content (AvgIpc) is 2.99. The SMILES string of the molecule is CCOC(=O)[C@@H](Cc1ccc(O)cc1)Nc1nc2ccccc2o1.